The summed E-state index contributed by atoms with van der Waals surface area (Å²) in [6.45, 7) is 0. The quantitative estimate of drug-likeness (QED) is 0.268. The third-order valence-corrected chi connectivity index (χ3v) is 4.60. The molecule has 2 N–H and O–H groups in total. The van der Waals surface area contributed by atoms with Crippen LogP contribution in [0.1, 0.15) is 62.5 Å². The molecule has 0 aromatic heterocycles. The Balaban J connectivity index is 1.43. The average molecular weight is 443 g/mol. The van der Waals surface area contributed by atoms with Gasteiger partial charge in [0.05, 0.1) is 12.4 Å². The number of carbonyl (C=O) groups excluding carboxylic acids is 2. The molecule has 0 spiro atoms. The molecule has 2 aromatic rings. The smallest absolute Gasteiger partial charge is 0.240 e. The van der Waals surface area contributed by atoms with E-state index in [4.69, 9.17) is 0 Å². The zero-order valence-electron chi connectivity index (χ0n) is 17.9. The molecule has 2 amide bonds. The van der Waals surface area contributed by atoms with Crippen molar-refractivity contribution in [1.29, 1.82) is 0 Å². The zero-order valence-corrected chi connectivity index (χ0v) is 17.9. The number of nitrogens with zero attached hydrogens (tertiary/aromatic N) is 2. The summed E-state index contributed by atoms with van der Waals surface area (Å²) in [6.07, 6.45) is 9.15. The van der Waals surface area contributed by atoms with Crippen LogP contribution in [0.5, 0.6) is 0 Å². The molecule has 0 fully saturated rings. The normalized spacial score (nSPS) is 11.2. The van der Waals surface area contributed by atoms with Crippen molar-refractivity contribution in [3.63, 3.8) is 0 Å². The van der Waals surface area contributed by atoms with Crippen molar-refractivity contribution in [2.24, 2.45) is 10.2 Å². The fourth-order valence-electron chi connectivity index (χ4n) is 2.85. The number of unbranched alkanes of at least 4 members (excludes halogenated alkanes) is 5. The summed E-state index contributed by atoms with van der Waals surface area (Å²) in [6, 6.07) is 11.6. The Labute approximate surface area is 186 Å². The summed E-state index contributed by atoms with van der Waals surface area (Å²) in [5.41, 5.74) is 6.34. The molecule has 2 aromatic carbocycles. The van der Waals surface area contributed by atoms with Crippen molar-refractivity contribution >= 4 is 24.2 Å². The molecule has 32 heavy (non-hydrogen) atoms. The molecule has 0 heterocycles. The summed E-state index contributed by atoms with van der Waals surface area (Å²) in [4.78, 5) is 23.5. The zero-order chi connectivity index (χ0) is 23.0. The molecule has 0 saturated carbocycles. The SMILES string of the molecule is O=C(CCCCCCCCC(=O)N/N=C/c1ccc(F)cc1)N/N=C/c1ccc(F)cc1. The number of hydrogen-bond donors (Lipinski definition) is 2. The van der Waals surface area contributed by atoms with E-state index in [1.54, 1.807) is 24.3 Å². The number of benzene rings is 2. The Morgan fingerprint density at radius 3 is 1.34 bits per heavy atom. The Bertz CT molecular complexity index is 822. The molecular formula is C24H28F2N4O2. The van der Waals surface area contributed by atoms with Crippen molar-refractivity contribution in [3.8, 4) is 0 Å². The number of amides is 2. The van der Waals surface area contributed by atoms with Gasteiger partial charge in [0, 0.05) is 12.8 Å². The number of halogens is 2. The van der Waals surface area contributed by atoms with Gasteiger partial charge in [-0.1, -0.05) is 49.9 Å². The molecule has 0 unspecified atom stereocenters. The lowest BCUT2D eigenvalue weighted by Gasteiger charge is -2.02. The minimum Gasteiger partial charge on any atom is -0.273 e. The number of hydrogen-bond acceptors (Lipinski definition) is 4. The third-order valence-electron chi connectivity index (χ3n) is 4.60. The minimum absolute atomic E-state index is 0.152. The van der Waals surface area contributed by atoms with E-state index in [2.05, 4.69) is 21.1 Å². The van der Waals surface area contributed by atoms with Crippen LogP contribution in [0.3, 0.4) is 0 Å². The number of hydrazone groups is 2. The van der Waals surface area contributed by atoms with E-state index in [1.165, 1.54) is 36.7 Å². The summed E-state index contributed by atoms with van der Waals surface area (Å²) >= 11 is 0. The average Bonchev–Trinajstić information content (AvgIpc) is 2.78. The van der Waals surface area contributed by atoms with E-state index in [9.17, 15) is 18.4 Å². The number of rotatable bonds is 13. The van der Waals surface area contributed by atoms with Gasteiger partial charge in [-0.05, 0) is 48.2 Å². The van der Waals surface area contributed by atoms with Gasteiger partial charge in [0.25, 0.3) is 0 Å². The molecule has 170 valence electrons. The molecule has 0 radical (unpaired) electrons. The second-order valence-electron chi connectivity index (χ2n) is 7.31. The predicted molar refractivity (Wildman–Crippen MR) is 121 cm³/mol. The second-order valence-corrected chi connectivity index (χ2v) is 7.31. The Hall–Kier alpha value is -3.42. The van der Waals surface area contributed by atoms with Gasteiger partial charge in [-0.25, -0.2) is 19.6 Å². The first-order valence-corrected chi connectivity index (χ1v) is 10.7. The summed E-state index contributed by atoms with van der Waals surface area (Å²) < 4.78 is 25.6. The molecule has 0 atom stereocenters. The highest BCUT2D eigenvalue weighted by Crippen LogP contribution is 2.09. The maximum atomic E-state index is 12.8. The molecule has 0 saturated heterocycles. The van der Waals surface area contributed by atoms with Crippen LogP contribution in [-0.2, 0) is 9.59 Å². The summed E-state index contributed by atoms with van der Waals surface area (Å²) in [5, 5.41) is 7.72. The molecule has 8 heteroatoms. The van der Waals surface area contributed by atoms with Crippen molar-refractivity contribution in [2.75, 3.05) is 0 Å². The van der Waals surface area contributed by atoms with Crippen molar-refractivity contribution in [3.05, 3.63) is 71.3 Å². The van der Waals surface area contributed by atoms with Gasteiger partial charge in [-0.2, -0.15) is 10.2 Å². The molecule has 0 aliphatic carbocycles. The third kappa shape index (κ3) is 11.1. The van der Waals surface area contributed by atoms with Crippen LogP contribution in [0, 0.1) is 11.6 Å². The van der Waals surface area contributed by atoms with Gasteiger partial charge in [0.2, 0.25) is 11.8 Å². The monoisotopic (exact) mass is 442 g/mol. The van der Waals surface area contributed by atoms with Crippen molar-refractivity contribution in [2.45, 2.75) is 51.4 Å². The van der Waals surface area contributed by atoms with Crippen LogP contribution in [0.25, 0.3) is 0 Å². The van der Waals surface area contributed by atoms with Crippen LogP contribution in [0.2, 0.25) is 0 Å². The maximum absolute atomic E-state index is 12.8. The molecular weight excluding hydrogens is 414 g/mol. The van der Waals surface area contributed by atoms with Crippen LogP contribution < -0.4 is 10.9 Å². The lowest BCUT2D eigenvalue weighted by atomic mass is 10.1. The highest BCUT2D eigenvalue weighted by atomic mass is 19.1. The van der Waals surface area contributed by atoms with Gasteiger partial charge in [0.1, 0.15) is 11.6 Å². The Morgan fingerprint density at radius 2 is 0.969 bits per heavy atom. The van der Waals surface area contributed by atoms with Gasteiger partial charge in [-0.15, -0.1) is 0 Å². The maximum Gasteiger partial charge on any atom is 0.240 e. The fraction of sp³-hybridized carbons (Fsp3) is 0.333. The van der Waals surface area contributed by atoms with E-state index in [0.717, 1.165) is 38.5 Å². The minimum atomic E-state index is -0.317. The molecule has 6 nitrogen and oxygen atoms in total. The molecule has 2 rings (SSSR count). The lowest BCUT2D eigenvalue weighted by molar-refractivity contribution is -0.122. The van der Waals surface area contributed by atoms with Crippen molar-refractivity contribution < 1.29 is 18.4 Å². The molecule has 0 bridgehead atoms. The van der Waals surface area contributed by atoms with E-state index in [1.807, 2.05) is 0 Å². The van der Waals surface area contributed by atoms with Crippen molar-refractivity contribution in [1.82, 2.24) is 10.9 Å². The van der Waals surface area contributed by atoms with Crippen LogP contribution in [0.4, 0.5) is 8.78 Å². The Morgan fingerprint density at radius 1 is 0.625 bits per heavy atom. The first-order chi connectivity index (χ1) is 15.5. The molecule has 0 aliphatic rings. The van der Waals surface area contributed by atoms with Gasteiger partial charge < -0.3 is 0 Å². The van der Waals surface area contributed by atoms with E-state index in [0.29, 0.717) is 24.0 Å². The van der Waals surface area contributed by atoms with Crippen LogP contribution in [-0.4, -0.2) is 24.2 Å². The van der Waals surface area contributed by atoms with Gasteiger partial charge >= 0.3 is 0 Å². The van der Waals surface area contributed by atoms with E-state index >= 15 is 0 Å². The predicted octanol–water partition coefficient (Wildman–Crippen LogP) is 4.69. The standard InChI is InChI=1S/C24H28F2N4O2/c25-21-13-9-19(10-14-21)17-27-29-23(31)7-5-3-1-2-4-6-8-24(32)30-28-18-20-11-15-22(26)16-12-20/h9-18H,1-8H2,(H,29,31)(H,30,32)/b27-17+,28-18+. The Kier molecular flexibility index (Phi) is 11.3. The first kappa shape index (κ1) is 24.8. The van der Waals surface area contributed by atoms with Crippen LogP contribution >= 0.6 is 0 Å². The topological polar surface area (TPSA) is 82.9 Å². The highest BCUT2D eigenvalue weighted by Gasteiger charge is 2.01. The fourth-order valence-corrected chi connectivity index (χ4v) is 2.85. The van der Waals surface area contributed by atoms with E-state index in [-0.39, 0.29) is 23.4 Å². The second kappa shape index (κ2) is 14.6. The van der Waals surface area contributed by atoms with Gasteiger partial charge in [-0.3, -0.25) is 9.59 Å². The number of nitrogens with one attached hydrogen (secondary N) is 2. The highest BCUT2D eigenvalue weighted by molar-refractivity contribution is 5.83. The number of carbonyl (C=O) groups is 2. The van der Waals surface area contributed by atoms with E-state index < -0.39 is 0 Å². The summed E-state index contributed by atoms with van der Waals surface area (Å²) in [5.74, 6) is -0.938. The van der Waals surface area contributed by atoms with Crippen LogP contribution in [0.15, 0.2) is 58.7 Å². The first-order valence-electron chi connectivity index (χ1n) is 10.7. The lowest BCUT2D eigenvalue weighted by Crippen LogP contribution is -2.17. The van der Waals surface area contributed by atoms with Gasteiger partial charge in [0.15, 0.2) is 0 Å². The largest absolute Gasteiger partial charge is 0.273 e. The molecule has 0 aliphatic heterocycles. The summed E-state index contributed by atoms with van der Waals surface area (Å²) in [7, 11) is 0.